The second-order valence-electron chi connectivity index (χ2n) is 7.99. The second kappa shape index (κ2) is 11.8. The van der Waals surface area contributed by atoms with Gasteiger partial charge in [-0.25, -0.2) is 0 Å². The van der Waals surface area contributed by atoms with Crippen LogP contribution >= 0.6 is 0 Å². The highest BCUT2D eigenvalue weighted by molar-refractivity contribution is 5.91. The van der Waals surface area contributed by atoms with Crippen LogP contribution in [0.15, 0.2) is 24.3 Å². The van der Waals surface area contributed by atoms with E-state index in [1.807, 2.05) is 29.2 Å². The number of ether oxygens (including phenoxy) is 1. The summed E-state index contributed by atoms with van der Waals surface area (Å²) in [6.45, 7) is 11.7. The number of hydrogen-bond donors (Lipinski definition) is 1. The van der Waals surface area contributed by atoms with Crippen molar-refractivity contribution >= 4 is 23.2 Å². The lowest BCUT2D eigenvalue weighted by Crippen LogP contribution is -2.45. The van der Waals surface area contributed by atoms with E-state index in [0.29, 0.717) is 19.3 Å². The summed E-state index contributed by atoms with van der Waals surface area (Å²) in [5.41, 5.74) is 1.93. The van der Waals surface area contributed by atoms with Crippen molar-refractivity contribution in [2.45, 2.75) is 72.0 Å². The van der Waals surface area contributed by atoms with Crippen molar-refractivity contribution in [3.63, 3.8) is 0 Å². The first-order valence-corrected chi connectivity index (χ1v) is 11.0. The highest BCUT2D eigenvalue weighted by Gasteiger charge is 2.22. The van der Waals surface area contributed by atoms with Gasteiger partial charge in [0.2, 0.25) is 11.8 Å². The van der Waals surface area contributed by atoms with Crippen molar-refractivity contribution < 1.29 is 14.3 Å². The summed E-state index contributed by atoms with van der Waals surface area (Å²) < 4.78 is 5.78. The number of carbonyl (C=O) groups is 2. The third kappa shape index (κ3) is 7.69. The van der Waals surface area contributed by atoms with E-state index in [4.69, 9.17) is 4.74 Å². The number of benzene rings is 1. The van der Waals surface area contributed by atoms with Crippen LogP contribution < -0.4 is 10.2 Å². The Morgan fingerprint density at radius 3 is 2.17 bits per heavy atom. The minimum atomic E-state index is -0.0447. The molecule has 1 N–H and O–H groups in total. The van der Waals surface area contributed by atoms with E-state index in [0.717, 1.165) is 50.4 Å². The number of morpholine rings is 1. The van der Waals surface area contributed by atoms with E-state index < -0.39 is 0 Å². The van der Waals surface area contributed by atoms with E-state index in [-0.39, 0.29) is 24.0 Å². The van der Waals surface area contributed by atoms with E-state index >= 15 is 0 Å². The van der Waals surface area contributed by atoms with Gasteiger partial charge in [0.15, 0.2) is 0 Å². The molecule has 1 fully saturated rings. The van der Waals surface area contributed by atoms with Gasteiger partial charge >= 0.3 is 0 Å². The quantitative estimate of drug-likeness (QED) is 0.640. The normalized spacial score (nSPS) is 19.1. The molecule has 2 rings (SSSR count). The molecule has 0 spiro atoms. The second-order valence-corrected chi connectivity index (χ2v) is 7.99. The van der Waals surface area contributed by atoms with Crippen LogP contribution in [0.2, 0.25) is 0 Å². The molecule has 6 heteroatoms. The van der Waals surface area contributed by atoms with Crippen LogP contribution in [0.4, 0.5) is 11.4 Å². The van der Waals surface area contributed by atoms with Crippen molar-refractivity contribution in [3.8, 4) is 0 Å². The lowest BCUT2D eigenvalue weighted by atomic mass is 10.1. The number of carbonyl (C=O) groups excluding carboxylic acids is 2. The molecule has 162 valence electrons. The van der Waals surface area contributed by atoms with Crippen molar-refractivity contribution in [3.05, 3.63) is 24.3 Å². The summed E-state index contributed by atoms with van der Waals surface area (Å²) in [6, 6.07) is 7.95. The summed E-state index contributed by atoms with van der Waals surface area (Å²) >= 11 is 0. The van der Waals surface area contributed by atoms with Gasteiger partial charge in [-0.05, 0) is 57.4 Å². The molecule has 0 radical (unpaired) electrons. The number of nitrogens with one attached hydrogen (secondary N) is 1. The fraction of sp³-hybridized carbons (Fsp3) is 0.652. The average molecular weight is 404 g/mol. The first kappa shape index (κ1) is 23.2. The maximum Gasteiger partial charge on any atom is 0.224 e. The highest BCUT2D eigenvalue weighted by atomic mass is 16.5. The largest absolute Gasteiger partial charge is 0.372 e. The summed E-state index contributed by atoms with van der Waals surface area (Å²) in [5.74, 6) is 0.108. The summed E-state index contributed by atoms with van der Waals surface area (Å²) in [4.78, 5) is 28.7. The molecule has 1 saturated heterocycles. The molecule has 0 bridgehead atoms. The molecule has 0 aliphatic carbocycles. The predicted molar refractivity (Wildman–Crippen MR) is 118 cm³/mol. The molecule has 2 amide bonds. The van der Waals surface area contributed by atoms with Gasteiger partial charge in [-0.15, -0.1) is 0 Å². The highest BCUT2D eigenvalue weighted by Crippen LogP contribution is 2.22. The van der Waals surface area contributed by atoms with Crippen LogP contribution in [-0.4, -0.2) is 55.1 Å². The predicted octanol–water partition coefficient (Wildman–Crippen LogP) is 4.06. The Hall–Kier alpha value is -2.08. The van der Waals surface area contributed by atoms with Gasteiger partial charge < -0.3 is 19.9 Å². The zero-order chi connectivity index (χ0) is 21.2. The van der Waals surface area contributed by atoms with Gasteiger partial charge in [-0.1, -0.05) is 13.8 Å². The SMILES string of the molecule is CCCN(CCC)C(=O)CCCC(=O)Nc1ccc(N2CC(C)OC(C)C2)cc1. The molecule has 0 aromatic heterocycles. The van der Waals surface area contributed by atoms with E-state index in [1.54, 1.807) is 0 Å². The molecule has 1 aromatic carbocycles. The topological polar surface area (TPSA) is 61.9 Å². The van der Waals surface area contributed by atoms with Crippen molar-refractivity contribution in [2.24, 2.45) is 0 Å². The minimum absolute atomic E-state index is 0.0447. The first-order valence-electron chi connectivity index (χ1n) is 11.0. The van der Waals surface area contributed by atoms with Gasteiger partial charge in [-0.2, -0.15) is 0 Å². The maximum absolute atomic E-state index is 12.3. The lowest BCUT2D eigenvalue weighted by molar-refractivity contribution is -0.131. The van der Waals surface area contributed by atoms with Gasteiger partial charge in [0.25, 0.3) is 0 Å². The third-order valence-corrected chi connectivity index (χ3v) is 5.07. The zero-order valence-corrected chi connectivity index (χ0v) is 18.4. The minimum Gasteiger partial charge on any atom is -0.372 e. The number of hydrogen-bond acceptors (Lipinski definition) is 4. The van der Waals surface area contributed by atoms with Gasteiger partial charge in [-0.3, -0.25) is 9.59 Å². The smallest absolute Gasteiger partial charge is 0.224 e. The molecule has 1 aromatic rings. The van der Waals surface area contributed by atoms with Crippen LogP contribution in [0.3, 0.4) is 0 Å². The Morgan fingerprint density at radius 1 is 1.03 bits per heavy atom. The third-order valence-electron chi connectivity index (χ3n) is 5.07. The Balaban J connectivity index is 1.77. The fourth-order valence-corrected chi connectivity index (χ4v) is 3.83. The Bertz CT molecular complexity index is 631. The molecule has 6 nitrogen and oxygen atoms in total. The molecule has 1 heterocycles. The molecule has 2 unspecified atom stereocenters. The van der Waals surface area contributed by atoms with Crippen LogP contribution in [0, 0.1) is 0 Å². The molecule has 0 saturated carbocycles. The number of rotatable bonds is 10. The summed E-state index contributed by atoms with van der Waals surface area (Å²) in [5, 5.41) is 2.94. The van der Waals surface area contributed by atoms with E-state index in [9.17, 15) is 9.59 Å². The van der Waals surface area contributed by atoms with Gasteiger partial charge in [0.1, 0.15) is 0 Å². The Morgan fingerprint density at radius 2 is 1.62 bits per heavy atom. The Kier molecular flexibility index (Phi) is 9.45. The van der Waals surface area contributed by atoms with Crippen molar-refractivity contribution in [2.75, 3.05) is 36.4 Å². The van der Waals surface area contributed by atoms with Crippen molar-refractivity contribution in [1.29, 1.82) is 0 Å². The van der Waals surface area contributed by atoms with Gasteiger partial charge in [0.05, 0.1) is 12.2 Å². The fourth-order valence-electron chi connectivity index (χ4n) is 3.83. The van der Waals surface area contributed by atoms with Crippen molar-refractivity contribution in [1.82, 2.24) is 4.90 Å². The monoisotopic (exact) mass is 403 g/mol. The zero-order valence-electron chi connectivity index (χ0n) is 18.4. The first-order chi connectivity index (χ1) is 13.9. The van der Waals surface area contributed by atoms with E-state index in [1.165, 1.54) is 0 Å². The average Bonchev–Trinajstić information content (AvgIpc) is 2.67. The maximum atomic E-state index is 12.3. The lowest BCUT2D eigenvalue weighted by Gasteiger charge is -2.36. The number of anilines is 2. The summed E-state index contributed by atoms with van der Waals surface area (Å²) in [7, 11) is 0. The van der Waals surface area contributed by atoms with Crippen LogP contribution in [0.25, 0.3) is 0 Å². The van der Waals surface area contributed by atoms with Crippen LogP contribution in [0.5, 0.6) is 0 Å². The molecular weight excluding hydrogens is 366 g/mol. The molecular formula is C23H37N3O3. The Labute approximate surface area is 175 Å². The number of amides is 2. The summed E-state index contributed by atoms with van der Waals surface area (Å²) in [6.07, 6.45) is 3.72. The molecule has 1 aliphatic heterocycles. The van der Waals surface area contributed by atoms with E-state index in [2.05, 4.69) is 37.9 Å². The van der Waals surface area contributed by atoms with Gasteiger partial charge in [0, 0.05) is 50.4 Å². The van der Waals surface area contributed by atoms with Crippen LogP contribution in [-0.2, 0) is 14.3 Å². The van der Waals surface area contributed by atoms with Crippen LogP contribution in [0.1, 0.15) is 59.8 Å². The molecule has 29 heavy (non-hydrogen) atoms. The molecule has 2 atom stereocenters. The number of nitrogens with zero attached hydrogens (tertiary/aromatic N) is 2. The molecule has 1 aliphatic rings. The standard InChI is InChI=1S/C23H37N3O3/c1-5-14-25(15-6-2)23(28)9-7-8-22(27)24-20-10-12-21(13-11-20)26-16-18(3)29-19(4)17-26/h10-13,18-19H,5-9,14-17H2,1-4H3,(H,24,27).